The molecule has 0 spiro atoms. The SMILES string of the molecule is O=C(O)C(O)Cc1ccc(OCCn2ncc3ccccc3c2=O)cc1. The first-order valence-electron chi connectivity index (χ1n) is 8.12. The van der Waals surface area contributed by atoms with E-state index >= 15 is 0 Å². The Hall–Kier alpha value is -3.19. The Labute approximate surface area is 149 Å². The van der Waals surface area contributed by atoms with E-state index in [2.05, 4.69) is 5.10 Å². The number of carboxylic acid groups (broad SMARTS) is 1. The molecule has 0 fully saturated rings. The van der Waals surface area contributed by atoms with E-state index in [0.29, 0.717) is 23.2 Å². The molecule has 3 aromatic rings. The van der Waals surface area contributed by atoms with Gasteiger partial charge in [0, 0.05) is 11.8 Å². The van der Waals surface area contributed by atoms with Crippen LogP contribution in [-0.4, -0.2) is 38.7 Å². The van der Waals surface area contributed by atoms with Gasteiger partial charge in [-0.25, -0.2) is 9.48 Å². The minimum Gasteiger partial charge on any atom is -0.492 e. The minimum atomic E-state index is -1.42. The van der Waals surface area contributed by atoms with Gasteiger partial charge in [0.25, 0.3) is 5.56 Å². The number of hydrogen-bond donors (Lipinski definition) is 2. The Bertz CT molecular complexity index is 966. The van der Waals surface area contributed by atoms with E-state index in [1.807, 2.05) is 18.2 Å². The van der Waals surface area contributed by atoms with Gasteiger partial charge in [-0.3, -0.25) is 4.79 Å². The number of aliphatic carboxylic acids is 1. The van der Waals surface area contributed by atoms with Crippen LogP contribution in [0.1, 0.15) is 5.56 Å². The van der Waals surface area contributed by atoms with Gasteiger partial charge in [0.2, 0.25) is 0 Å². The Morgan fingerprint density at radius 2 is 1.88 bits per heavy atom. The lowest BCUT2D eigenvalue weighted by molar-refractivity contribution is -0.146. The van der Waals surface area contributed by atoms with Gasteiger partial charge in [-0.05, 0) is 23.8 Å². The monoisotopic (exact) mass is 354 g/mol. The summed E-state index contributed by atoms with van der Waals surface area (Å²) in [5, 5.41) is 23.6. The van der Waals surface area contributed by atoms with Gasteiger partial charge in [0.1, 0.15) is 12.4 Å². The third-order valence-corrected chi connectivity index (χ3v) is 3.97. The maximum absolute atomic E-state index is 12.3. The van der Waals surface area contributed by atoms with Crippen LogP contribution in [0.4, 0.5) is 0 Å². The van der Waals surface area contributed by atoms with Gasteiger partial charge in [-0.1, -0.05) is 30.3 Å². The fraction of sp³-hybridized carbons (Fsp3) is 0.211. The molecule has 0 amide bonds. The van der Waals surface area contributed by atoms with E-state index in [-0.39, 0.29) is 18.6 Å². The Morgan fingerprint density at radius 1 is 1.15 bits per heavy atom. The standard InChI is InChI=1S/C19H18N2O5/c22-17(19(24)25)11-13-5-7-15(8-6-13)26-10-9-21-18(23)16-4-2-1-3-14(16)12-20-21/h1-8,12,17,22H,9-11H2,(H,24,25). The molecule has 0 aliphatic rings. The number of aliphatic hydroxyl groups is 1. The summed E-state index contributed by atoms with van der Waals surface area (Å²) in [5.41, 5.74) is 0.532. The van der Waals surface area contributed by atoms with Crippen molar-refractivity contribution in [2.75, 3.05) is 6.61 Å². The molecule has 2 aromatic carbocycles. The summed E-state index contributed by atoms with van der Waals surface area (Å²) in [4.78, 5) is 23.0. The van der Waals surface area contributed by atoms with Gasteiger partial charge in [-0.2, -0.15) is 5.10 Å². The highest BCUT2D eigenvalue weighted by Gasteiger charge is 2.13. The first kappa shape index (κ1) is 17.6. The fourth-order valence-electron chi connectivity index (χ4n) is 2.57. The second-order valence-corrected chi connectivity index (χ2v) is 5.81. The summed E-state index contributed by atoms with van der Waals surface area (Å²) < 4.78 is 6.97. The first-order valence-corrected chi connectivity index (χ1v) is 8.12. The summed E-state index contributed by atoms with van der Waals surface area (Å²) in [7, 11) is 0. The van der Waals surface area contributed by atoms with Crippen molar-refractivity contribution in [3.8, 4) is 5.75 Å². The molecule has 1 unspecified atom stereocenters. The number of nitrogens with zero attached hydrogens (tertiary/aromatic N) is 2. The van der Waals surface area contributed by atoms with Crippen molar-refractivity contribution in [1.29, 1.82) is 0 Å². The number of aromatic nitrogens is 2. The first-order chi connectivity index (χ1) is 12.5. The second kappa shape index (κ2) is 7.79. The average Bonchev–Trinajstić information content (AvgIpc) is 2.65. The highest BCUT2D eigenvalue weighted by Crippen LogP contribution is 2.14. The number of rotatable bonds is 7. The van der Waals surface area contributed by atoms with E-state index in [0.717, 1.165) is 5.39 Å². The lowest BCUT2D eigenvalue weighted by atomic mass is 10.1. The predicted molar refractivity (Wildman–Crippen MR) is 95.3 cm³/mol. The highest BCUT2D eigenvalue weighted by molar-refractivity contribution is 5.80. The molecule has 0 saturated heterocycles. The molecule has 7 heteroatoms. The molecule has 1 aromatic heterocycles. The molecular formula is C19H18N2O5. The maximum atomic E-state index is 12.3. The van der Waals surface area contributed by atoms with Crippen LogP contribution in [0.2, 0.25) is 0 Å². The molecule has 7 nitrogen and oxygen atoms in total. The van der Waals surface area contributed by atoms with Crippen LogP contribution < -0.4 is 10.3 Å². The average molecular weight is 354 g/mol. The zero-order valence-electron chi connectivity index (χ0n) is 13.9. The van der Waals surface area contributed by atoms with E-state index in [4.69, 9.17) is 9.84 Å². The largest absolute Gasteiger partial charge is 0.492 e. The number of hydrogen-bond acceptors (Lipinski definition) is 5. The number of aliphatic hydroxyl groups excluding tert-OH is 1. The van der Waals surface area contributed by atoms with Gasteiger partial charge < -0.3 is 14.9 Å². The molecular weight excluding hydrogens is 336 g/mol. The molecule has 0 aliphatic carbocycles. The zero-order valence-corrected chi connectivity index (χ0v) is 13.9. The van der Waals surface area contributed by atoms with Crippen molar-refractivity contribution in [3.05, 3.63) is 70.6 Å². The van der Waals surface area contributed by atoms with Crippen molar-refractivity contribution in [3.63, 3.8) is 0 Å². The maximum Gasteiger partial charge on any atom is 0.332 e. The number of carbonyl (C=O) groups is 1. The van der Waals surface area contributed by atoms with E-state index in [1.165, 1.54) is 4.68 Å². The number of benzene rings is 2. The molecule has 26 heavy (non-hydrogen) atoms. The van der Waals surface area contributed by atoms with E-state index in [9.17, 15) is 14.7 Å². The molecule has 0 aliphatic heterocycles. The van der Waals surface area contributed by atoms with Crippen molar-refractivity contribution >= 4 is 16.7 Å². The van der Waals surface area contributed by atoms with Gasteiger partial charge in [-0.15, -0.1) is 0 Å². The lowest BCUT2D eigenvalue weighted by Gasteiger charge is -2.09. The van der Waals surface area contributed by atoms with Crippen LogP contribution in [0.25, 0.3) is 10.8 Å². The van der Waals surface area contributed by atoms with Crippen LogP contribution in [-0.2, 0) is 17.8 Å². The van der Waals surface area contributed by atoms with Crippen molar-refractivity contribution in [2.45, 2.75) is 19.1 Å². The molecule has 134 valence electrons. The van der Waals surface area contributed by atoms with Crippen molar-refractivity contribution < 1.29 is 19.7 Å². The Balaban J connectivity index is 1.59. The summed E-state index contributed by atoms with van der Waals surface area (Å²) in [6, 6.07) is 14.1. The number of carboxylic acids is 1. The van der Waals surface area contributed by atoms with Gasteiger partial charge in [0.05, 0.1) is 18.1 Å². The molecule has 1 heterocycles. The summed E-state index contributed by atoms with van der Waals surface area (Å²) in [6.45, 7) is 0.575. The molecule has 3 rings (SSSR count). The molecule has 2 N–H and O–H groups in total. The Kier molecular flexibility index (Phi) is 5.28. The summed E-state index contributed by atoms with van der Waals surface area (Å²) in [5.74, 6) is -0.661. The second-order valence-electron chi connectivity index (χ2n) is 5.81. The summed E-state index contributed by atoms with van der Waals surface area (Å²) >= 11 is 0. The molecule has 1 atom stereocenters. The number of ether oxygens (including phenoxy) is 1. The van der Waals surface area contributed by atoms with E-state index < -0.39 is 12.1 Å². The fourth-order valence-corrected chi connectivity index (χ4v) is 2.57. The third kappa shape index (κ3) is 4.07. The highest BCUT2D eigenvalue weighted by atomic mass is 16.5. The van der Waals surface area contributed by atoms with Crippen molar-refractivity contribution in [1.82, 2.24) is 9.78 Å². The molecule has 0 saturated carbocycles. The topological polar surface area (TPSA) is 102 Å². The normalized spacial score (nSPS) is 12.0. The van der Waals surface area contributed by atoms with Crippen LogP contribution in [0.5, 0.6) is 5.75 Å². The minimum absolute atomic E-state index is 0.0337. The molecule has 0 bridgehead atoms. The van der Waals surface area contributed by atoms with Crippen molar-refractivity contribution in [2.24, 2.45) is 0 Å². The Morgan fingerprint density at radius 3 is 2.62 bits per heavy atom. The van der Waals surface area contributed by atoms with Crippen LogP contribution in [0.3, 0.4) is 0 Å². The lowest BCUT2D eigenvalue weighted by Crippen LogP contribution is -2.25. The quantitative estimate of drug-likeness (QED) is 0.666. The van der Waals surface area contributed by atoms with Gasteiger partial charge in [0.15, 0.2) is 6.10 Å². The zero-order chi connectivity index (χ0) is 18.5. The number of fused-ring (bicyclic) bond motifs is 1. The summed E-state index contributed by atoms with van der Waals surface area (Å²) in [6.07, 6.45) is 0.262. The van der Waals surface area contributed by atoms with Crippen LogP contribution in [0.15, 0.2) is 59.5 Å². The third-order valence-electron chi connectivity index (χ3n) is 3.97. The van der Waals surface area contributed by atoms with Gasteiger partial charge >= 0.3 is 5.97 Å². The van der Waals surface area contributed by atoms with Crippen LogP contribution in [0, 0.1) is 0 Å². The van der Waals surface area contributed by atoms with Crippen LogP contribution >= 0.6 is 0 Å². The smallest absolute Gasteiger partial charge is 0.332 e. The molecule has 0 radical (unpaired) electrons. The predicted octanol–water partition coefficient (Wildman–Crippen LogP) is 1.46. The van der Waals surface area contributed by atoms with E-state index in [1.54, 1.807) is 36.5 Å².